The predicted octanol–water partition coefficient (Wildman–Crippen LogP) is 8.40. The van der Waals surface area contributed by atoms with Crippen molar-refractivity contribution in [2.45, 2.75) is 122 Å². The van der Waals surface area contributed by atoms with Crippen LogP contribution in [-0.4, -0.2) is 0 Å². The summed E-state index contributed by atoms with van der Waals surface area (Å²) in [6, 6.07) is 0. The average Bonchev–Trinajstić information content (AvgIpc) is 2.71. The first-order valence-corrected chi connectivity index (χ1v) is 12.8. The molecule has 4 rings (SSSR count). The smallest absolute Gasteiger partial charge is 0.0386 e. The quantitative estimate of drug-likeness (QED) is 0.473. The fourth-order valence-electron chi connectivity index (χ4n) is 7.62. The van der Waals surface area contributed by atoms with E-state index in [1.807, 2.05) is 0 Å². The summed E-state index contributed by atoms with van der Waals surface area (Å²) >= 11 is 0. The summed E-state index contributed by atoms with van der Waals surface area (Å²) in [5, 5.41) is 0. The minimum absolute atomic E-state index is 1.02. The second-order valence-corrected chi connectivity index (χ2v) is 11.2. The monoisotopic (exact) mass is 358 g/mol. The molecule has 0 saturated heterocycles. The third-order valence-electron chi connectivity index (χ3n) is 9.49. The van der Waals surface area contributed by atoms with Crippen LogP contribution in [0.15, 0.2) is 0 Å². The van der Waals surface area contributed by atoms with E-state index in [-0.39, 0.29) is 0 Å². The van der Waals surface area contributed by atoms with Gasteiger partial charge in [0.25, 0.3) is 0 Å². The average molecular weight is 359 g/mol. The fraction of sp³-hybridized carbons (Fsp3) is 1.00. The molecule has 4 aliphatic rings. The van der Waals surface area contributed by atoms with Gasteiger partial charge in [-0.1, -0.05) is 77.6 Å². The maximum atomic E-state index is 2.47. The lowest BCUT2D eigenvalue weighted by atomic mass is 9.66. The van der Waals surface area contributed by atoms with Gasteiger partial charge in [-0.05, 0) is 86.4 Å². The van der Waals surface area contributed by atoms with E-state index in [9.17, 15) is 0 Å². The van der Waals surface area contributed by atoms with E-state index >= 15 is 0 Å². The highest BCUT2D eigenvalue weighted by molar-refractivity contribution is 4.84. The Morgan fingerprint density at radius 1 is 0.423 bits per heavy atom. The molecule has 4 fully saturated rings. The zero-order valence-electron chi connectivity index (χ0n) is 17.8. The van der Waals surface area contributed by atoms with Crippen molar-refractivity contribution in [1.82, 2.24) is 0 Å². The van der Waals surface area contributed by atoms with Crippen molar-refractivity contribution in [2.24, 2.45) is 41.4 Å². The van der Waals surface area contributed by atoms with E-state index in [0.29, 0.717) is 0 Å². The molecule has 4 saturated carbocycles. The van der Waals surface area contributed by atoms with Crippen LogP contribution < -0.4 is 0 Å². The van der Waals surface area contributed by atoms with E-state index < -0.39 is 0 Å². The molecular weight excluding hydrogens is 312 g/mol. The van der Waals surface area contributed by atoms with Gasteiger partial charge in [0.05, 0.1) is 0 Å². The third-order valence-corrected chi connectivity index (χ3v) is 9.49. The van der Waals surface area contributed by atoms with Crippen LogP contribution in [0.2, 0.25) is 0 Å². The molecule has 0 nitrogen and oxygen atoms in total. The standard InChI is InChI=1S/C26H46/c1-20-7-13-24(14-8-20)26-17-11-22(12-18-26)19-21-9-15-25(16-10-21)23-5-3-2-4-6-23/h20-26H,2-19H2,1H3. The van der Waals surface area contributed by atoms with Crippen LogP contribution >= 0.6 is 0 Å². The topological polar surface area (TPSA) is 0 Å². The molecule has 0 aromatic heterocycles. The molecule has 26 heavy (non-hydrogen) atoms. The molecule has 0 aromatic rings. The highest BCUT2D eigenvalue weighted by Gasteiger charge is 2.33. The van der Waals surface area contributed by atoms with Crippen LogP contribution in [0, 0.1) is 41.4 Å². The molecular formula is C26H46. The van der Waals surface area contributed by atoms with E-state index in [2.05, 4.69) is 6.92 Å². The van der Waals surface area contributed by atoms with Gasteiger partial charge in [-0.25, -0.2) is 0 Å². The Balaban J connectivity index is 1.14. The van der Waals surface area contributed by atoms with Gasteiger partial charge in [0.1, 0.15) is 0 Å². The number of hydrogen-bond donors (Lipinski definition) is 0. The zero-order valence-corrected chi connectivity index (χ0v) is 17.8. The first kappa shape index (κ1) is 19.3. The minimum atomic E-state index is 1.02. The lowest BCUT2D eigenvalue weighted by Gasteiger charge is -2.40. The second-order valence-electron chi connectivity index (χ2n) is 11.2. The van der Waals surface area contributed by atoms with Gasteiger partial charge in [0, 0.05) is 0 Å². The minimum Gasteiger partial charge on any atom is -0.0625 e. The molecule has 150 valence electrons. The fourth-order valence-corrected chi connectivity index (χ4v) is 7.62. The van der Waals surface area contributed by atoms with Crippen molar-refractivity contribution in [2.75, 3.05) is 0 Å². The van der Waals surface area contributed by atoms with Gasteiger partial charge >= 0.3 is 0 Å². The molecule has 0 aliphatic heterocycles. The zero-order chi connectivity index (χ0) is 17.8. The van der Waals surface area contributed by atoms with E-state index in [4.69, 9.17) is 0 Å². The van der Waals surface area contributed by atoms with Crippen LogP contribution in [0.4, 0.5) is 0 Å². The Morgan fingerprint density at radius 2 is 0.808 bits per heavy atom. The van der Waals surface area contributed by atoms with Gasteiger partial charge in [-0.15, -0.1) is 0 Å². The van der Waals surface area contributed by atoms with Crippen LogP contribution in [0.1, 0.15) is 122 Å². The van der Waals surface area contributed by atoms with Crippen LogP contribution in [0.5, 0.6) is 0 Å². The summed E-state index contributed by atoms with van der Waals surface area (Å²) in [5.41, 5.74) is 0. The normalized spacial score (nSPS) is 43.3. The summed E-state index contributed by atoms with van der Waals surface area (Å²) in [5.74, 6) is 7.69. The molecule has 0 atom stereocenters. The van der Waals surface area contributed by atoms with Crippen LogP contribution in [-0.2, 0) is 0 Å². The molecule has 0 bridgehead atoms. The van der Waals surface area contributed by atoms with E-state index in [1.165, 1.54) is 32.1 Å². The largest absolute Gasteiger partial charge is 0.0625 e. The van der Waals surface area contributed by atoms with Crippen molar-refractivity contribution in [3.05, 3.63) is 0 Å². The summed E-state index contributed by atoms with van der Waals surface area (Å²) < 4.78 is 0. The molecule has 0 N–H and O–H groups in total. The lowest BCUT2D eigenvalue weighted by Crippen LogP contribution is -2.27. The maximum absolute atomic E-state index is 2.47. The Kier molecular flexibility index (Phi) is 7.04. The van der Waals surface area contributed by atoms with Crippen molar-refractivity contribution < 1.29 is 0 Å². The molecule has 0 aromatic carbocycles. The Morgan fingerprint density at radius 3 is 1.27 bits per heavy atom. The first-order valence-electron chi connectivity index (χ1n) is 12.8. The molecule has 0 unspecified atom stereocenters. The van der Waals surface area contributed by atoms with Crippen molar-refractivity contribution in [3.63, 3.8) is 0 Å². The summed E-state index contributed by atoms with van der Waals surface area (Å²) in [6.07, 6.45) is 28.2. The van der Waals surface area contributed by atoms with Gasteiger partial charge in [-0.2, -0.15) is 0 Å². The molecule has 0 heteroatoms. The molecule has 4 aliphatic carbocycles. The van der Waals surface area contributed by atoms with Crippen molar-refractivity contribution in [3.8, 4) is 0 Å². The SMILES string of the molecule is CC1CCC(C2CCC(CC3CCC(C4CCCCC4)CC3)CC2)CC1. The molecule has 0 radical (unpaired) electrons. The Hall–Kier alpha value is 0. The van der Waals surface area contributed by atoms with Crippen molar-refractivity contribution >= 4 is 0 Å². The molecule has 0 spiro atoms. The maximum Gasteiger partial charge on any atom is -0.0386 e. The summed E-state index contributed by atoms with van der Waals surface area (Å²) in [6.45, 7) is 2.47. The number of hydrogen-bond acceptors (Lipinski definition) is 0. The Bertz CT molecular complexity index is 382. The van der Waals surface area contributed by atoms with Gasteiger partial charge in [0.2, 0.25) is 0 Å². The highest BCUT2D eigenvalue weighted by Crippen LogP contribution is 2.45. The predicted molar refractivity (Wildman–Crippen MR) is 113 cm³/mol. The van der Waals surface area contributed by atoms with E-state index in [0.717, 1.165) is 41.4 Å². The Labute approximate surface area is 164 Å². The van der Waals surface area contributed by atoms with Crippen LogP contribution in [0.25, 0.3) is 0 Å². The number of rotatable bonds is 4. The van der Waals surface area contributed by atoms with Gasteiger partial charge < -0.3 is 0 Å². The second kappa shape index (κ2) is 9.47. The highest BCUT2D eigenvalue weighted by atomic mass is 14.4. The lowest BCUT2D eigenvalue weighted by molar-refractivity contribution is 0.121. The van der Waals surface area contributed by atoms with E-state index in [1.54, 1.807) is 83.5 Å². The van der Waals surface area contributed by atoms with Crippen molar-refractivity contribution in [1.29, 1.82) is 0 Å². The van der Waals surface area contributed by atoms with Crippen LogP contribution in [0.3, 0.4) is 0 Å². The first-order chi connectivity index (χ1) is 12.8. The summed E-state index contributed by atoms with van der Waals surface area (Å²) in [7, 11) is 0. The van der Waals surface area contributed by atoms with Gasteiger partial charge in [-0.3, -0.25) is 0 Å². The molecule has 0 amide bonds. The third kappa shape index (κ3) is 5.08. The summed E-state index contributed by atoms with van der Waals surface area (Å²) in [4.78, 5) is 0. The van der Waals surface area contributed by atoms with Gasteiger partial charge in [0.15, 0.2) is 0 Å². The molecule has 0 heterocycles.